The van der Waals surface area contributed by atoms with Crippen LogP contribution in [0.5, 0.6) is 11.9 Å². The van der Waals surface area contributed by atoms with Gasteiger partial charge < -0.3 is 24.6 Å². The number of hydrogen-bond acceptors (Lipinski definition) is 7. The van der Waals surface area contributed by atoms with Crippen molar-refractivity contribution in [1.29, 1.82) is 0 Å². The smallest absolute Gasteiger partial charge is 0.321 e. The van der Waals surface area contributed by atoms with Gasteiger partial charge in [-0.1, -0.05) is 30.3 Å². The van der Waals surface area contributed by atoms with Crippen LogP contribution in [0.15, 0.2) is 36.4 Å². The van der Waals surface area contributed by atoms with Gasteiger partial charge in [-0.2, -0.15) is 9.97 Å². The average Bonchev–Trinajstić information content (AvgIpc) is 3.22. The third kappa shape index (κ3) is 2.50. The van der Waals surface area contributed by atoms with Crippen molar-refractivity contribution in [3.8, 4) is 11.9 Å². The fourth-order valence-corrected chi connectivity index (χ4v) is 4.49. The number of aromatic nitrogens is 2. The Morgan fingerprint density at radius 2 is 1.96 bits per heavy atom. The van der Waals surface area contributed by atoms with E-state index in [1.165, 1.54) is 7.11 Å². The summed E-state index contributed by atoms with van der Waals surface area (Å²) in [6.07, 6.45) is -0.545. The van der Waals surface area contributed by atoms with Gasteiger partial charge >= 0.3 is 6.01 Å². The lowest BCUT2D eigenvalue weighted by Gasteiger charge is -2.18. The molecular weight excluding hydrogens is 334 g/mol. The molecule has 26 heavy (non-hydrogen) atoms. The van der Waals surface area contributed by atoms with Crippen LogP contribution in [-0.4, -0.2) is 60.2 Å². The summed E-state index contributed by atoms with van der Waals surface area (Å²) in [6.45, 7) is 1.12. The van der Waals surface area contributed by atoms with Gasteiger partial charge in [-0.05, 0) is 17.4 Å². The van der Waals surface area contributed by atoms with E-state index in [2.05, 4.69) is 22.1 Å². The number of β-amino-alcohol motifs (C(OH)–C–C–N with tert-alkyl or cyclic N) is 1. The fourth-order valence-electron chi connectivity index (χ4n) is 4.49. The van der Waals surface area contributed by atoms with Gasteiger partial charge in [0.25, 0.3) is 0 Å². The lowest BCUT2D eigenvalue weighted by Crippen LogP contribution is -2.23. The van der Waals surface area contributed by atoms with E-state index < -0.39 is 6.10 Å². The highest BCUT2D eigenvalue weighted by molar-refractivity contribution is 5.49. The summed E-state index contributed by atoms with van der Waals surface area (Å²) in [5.74, 6) is 1.24. The number of rotatable bonds is 5. The highest BCUT2D eigenvalue weighted by Gasteiger charge is 2.71. The SMILES string of the molecule is COc1cc(N2C[C@H](O)[C@@]3(C2)[C@H](CO)[C@H]3c2ccccc2)nc(OC)n1. The van der Waals surface area contributed by atoms with Crippen molar-refractivity contribution in [3.05, 3.63) is 42.0 Å². The van der Waals surface area contributed by atoms with Gasteiger partial charge in [0.15, 0.2) is 0 Å². The molecule has 0 bridgehead atoms. The molecule has 0 unspecified atom stereocenters. The molecule has 0 amide bonds. The molecule has 7 heteroatoms. The van der Waals surface area contributed by atoms with Crippen LogP contribution in [-0.2, 0) is 0 Å². The molecule has 2 N–H and O–H groups in total. The van der Waals surface area contributed by atoms with Crippen LogP contribution >= 0.6 is 0 Å². The molecule has 4 rings (SSSR count). The lowest BCUT2D eigenvalue weighted by atomic mass is 9.95. The summed E-state index contributed by atoms with van der Waals surface area (Å²) in [6, 6.07) is 12.1. The zero-order valence-corrected chi connectivity index (χ0v) is 14.9. The minimum absolute atomic E-state index is 0.0375. The topological polar surface area (TPSA) is 87.9 Å². The van der Waals surface area contributed by atoms with Gasteiger partial charge in [0.2, 0.25) is 5.88 Å². The fraction of sp³-hybridized carbons (Fsp3) is 0.474. The summed E-state index contributed by atoms with van der Waals surface area (Å²) >= 11 is 0. The van der Waals surface area contributed by atoms with E-state index in [-0.39, 0.29) is 29.9 Å². The number of anilines is 1. The number of nitrogens with zero attached hydrogens (tertiary/aromatic N) is 3. The minimum atomic E-state index is -0.545. The minimum Gasteiger partial charge on any atom is -0.481 e. The Balaban J connectivity index is 1.64. The summed E-state index contributed by atoms with van der Waals surface area (Å²) in [4.78, 5) is 10.5. The first-order valence-electron chi connectivity index (χ1n) is 8.70. The van der Waals surface area contributed by atoms with Crippen molar-refractivity contribution in [3.63, 3.8) is 0 Å². The number of ether oxygens (including phenoxy) is 2. The molecule has 2 heterocycles. The Morgan fingerprint density at radius 1 is 1.19 bits per heavy atom. The number of hydrogen-bond donors (Lipinski definition) is 2. The summed E-state index contributed by atoms with van der Waals surface area (Å²) in [5, 5.41) is 20.8. The van der Waals surface area contributed by atoms with Crippen molar-refractivity contribution in [2.45, 2.75) is 12.0 Å². The summed E-state index contributed by atoms with van der Waals surface area (Å²) in [5.41, 5.74) is 0.798. The predicted molar refractivity (Wildman–Crippen MR) is 95.5 cm³/mol. The van der Waals surface area contributed by atoms with E-state index >= 15 is 0 Å². The molecule has 1 aliphatic carbocycles. The van der Waals surface area contributed by atoms with Crippen molar-refractivity contribution >= 4 is 5.82 Å². The molecule has 1 aliphatic heterocycles. The van der Waals surface area contributed by atoms with Crippen LogP contribution in [0.3, 0.4) is 0 Å². The second-order valence-electron chi connectivity index (χ2n) is 6.94. The third-order valence-electron chi connectivity index (χ3n) is 5.78. The Morgan fingerprint density at radius 3 is 2.62 bits per heavy atom. The molecule has 4 atom stereocenters. The van der Waals surface area contributed by atoms with Gasteiger partial charge in [-0.25, -0.2) is 0 Å². The number of methoxy groups -OCH3 is 2. The quantitative estimate of drug-likeness (QED) is 0.827. The van der Waals surface area contributed by atoms with Gasteiger partial charge in [0.05, 0.1) is 20.3 Å². The number of aliphatic hydroxyl groups excluding tert-OH is 2. The Labute approximate surface area is 152 Å². The molecule has 1 saturated heterocycles. The zero-order chi connectivity index (χ0) is 18.3. The second kappa shape index (κ2) is 6.41. The van der Waals surface area contributed by atoms with E-state index in [9.17, 15) is 10.2 Å². The van der Waals surface area contributed by atoms with Gasteiger partial charge in [-0.15, -0.1) is 0 Å². The van der Waals surface area contributed by atoms with Gasteiger partial charge in [-0.3, -0.25) is 0 Å². The Bertz CT molecular complexity index is 765. The molecule has 2 aliphatic rings. The summed E-state index contributed by atoms with van der Waals surface area (Å²) in [7, 11) is 3.05. The van der Waals surface area contributed by atoms with Crippen molar-refractivity contribution in [1.82, 2.24) is 9.97 Å². The van der Waals surface area contributed by atoms with Crippen LogP contribution in [0.4, 0.5) is 5.82 Å². The molecule has 7 nitrogen and oxygen atoms in total. The maximum atomic E-state index is 10.9. The molecule has 1 aromatic carbocycles. The predicted octanol–water partition coefficient (Wildman–Crippen LogP) is 1.07. The maximum absolute atomic E-state index is 10.9. The van der Waals surface area contributed by atoms with Crippen LogP contribution in [0.1, 0.15) is 11.5 Å². The van der Waals surface area contributed by atoms with E-state index in [4.69, 9.17) is 9.47 Å². The number of benzene rings is 1. The van der Waals surface area contributed by atoms with Crippen LogP contribution in [0, 0.1) is 11.3 Å². The van der Waals surface area contributed by atoms with Crippen LogP contribution in [0.25, 0.3) is 0 Å². The van der Waals surface area contributed by atoms with E-state index in [0.717, 1.165) is 5.56 Å². The molecular formula is C19H23N3O4. The van der Waals surface area contributed by atoms with Gasteiger partial charge in [0, 0.05) is 31.2 Å². The average molecular weight is 357 g/mol. The molecule has 2 aromatic rings. The Hall–Kier alpha value is -2.38. The van der Waals surface area contributed by atoms with Crippen LogP contribution < -0.4 is 14.4 Å². The first-order chi connectivity index (χ1) is 12.6. The maximum Gasteiger partial charge on any atom is 0.321 e. The molecule has 2 fully saturated rings. The largest absolute Gasteiger partial charge is 0.481 e. The van der Waals surface area contributed by atoms with E-state index in [1.807, 2.05) is 23.1 Å². The lowest BCUT2D eigenvalue weighted by molar-refractivity contribution is 0.113. The van der Waals surface area contributed by atoms with E-state index in [0.29, 0.717) is 24.8 Å². The molecule has 1 saturated carbocycles. The number of aliphatic hydroxyl groups is 2. The van der Waals surface area contributed by atoms with Gasteiger partial charge in [0.1, 0.15) is 5.82 Å². The first kappa shape index (κ1) is 17.1. The Kier molecular flexibility index (Phi) is 4.20. The normalized spacial score (nSPS) is 29.8. The standard InChI is InChI=1S/C19H23N3O4/c1-25-16-8-15(20-18(21-16)26-2)22-9-14(24)19(11-22)13(10-23)17(19)12-6-4-3-5-7-12/h3-8,13-14,17,23-24H,9-11H2,1-2H3/t13-,14+,17-,19-/m1/s1. The zero-order valence-electron chi connectivity index (χ0n) is 14.9. The first-order valence-corrected chi connectivity index (χ1v) is 8.70. The monoisotopic (exact) mass is 357 g/mol. The third-order valence-corrected chi connectivity index (χ3v) is 5.78. The van der Waals surface area contributed by atoms with Crippen molar-refractivity contribution in [2.24, 2.45) is 11.3 Å². The highest BCUT2D eigenvalue weighted by atomic mass is 16.5. The van der Waals surface area contributed by atoms with Crippen molar-refractivity contribution in [2.75, 3.05) is 38.8 Å². The van der Waals surface area contributed by atoms with Crippen LogP contribution in [0.2, 0.25) is 0 Å². The molecule has 0 radical (unpaired) electrons. The highest BCUT2D eigenvalue weighted by Crippen LogP contribution is 2.68. The van der Waals surface area contributed by atoms with E-state index in [1.54, 1.807) is 13.2 Å². The molecule has 138 valence electrons. The second-order valence-corrected chi connectivity index (χ2v) is 6.94. The summed E-state index contributed by atoms with van der Waals surface area (Å²) < 4.78 is 10.4. The van der Waals surface area contributed by atoms with Crippen molar-refractivity contribution < 1.29 is 19.7 Å². The molecule has 1 spiro atoms. The molecule has 1 aromatic heterocycles.